The van der Waals surface area contributed by atoms with Crippen molar-refractivity contribution in [3.63, 3.8) is 0 Å². The van der Waals surface area contributed by atoms with E-state index in [1.165, 1.54) is 16.9 Å². The minimum atomic E-state index is -3.66. The molecule has 7 heteroatoms. The normalized spacial score (nSPS) is 12.4. The summed E-state index contributed by atoms with van der Waals surface area (Å²) in [6.45, 7) is 8.26. The molecule has 0 bridgehead atoms. The lowest BCUT2D eigenvalue weighted by Crippen LogP contribution is -2.14. The third kappa shape index (κ3) is 4.00. The second kappa shape index (κ2) is 8.06. The van der Waals surface area contributed by atoms with Crippen LogP contribution in [0, 0.1) is 0 Å². The average Bonchev–Trinajstić information content (AvgIpc) is 3.18. The van der Waals surface area contributed by atoms with Crippen LogP contribution in [-0.2, 0) is 21.7 Å². The maximum Gasteiger partial charge on any atom is 0.206 e. The molecule has 0 aliphatic carbocycles. The molecule has 0 amide bonds. The van der Waals surface area contributed by atoms with Crippen LogP contribution in [0.15, 0.2) is 70.5 Å². The second-order valence-electron chi connectivity index (χ2n) is 8.97. The summed E-state index contributed by atoms with van der Waals surface area (Å²) < 4.78 is 26.0. The molecule has 6 nitrogen and oxygen atoms in total. The molecular weight excluding hydrogens is 422 g/mol. The Hall–Kier alpha value is -3.19. The van der Waals surface area contributed by atoms with Crippen LogP contribution in [0.1, 0.15) is 45.2 Å². The second-order valence-corrected chi connectivity index (χ2v) is 10.9. The van der Waals surface area contributed by atoms with Crippen molar-refractivity contribution in [2.45, 2.75) is 55.7 Å². The van der Waals surface area contributed by atoms with Gasteiger partial charge in [-0.25, -0.2) is 8.42 Å². The molecule has 1 aromatic heterocycles. The van der Waals surface area contributed by atoms with E-state index >= 15 is 0 Å². The number of hydrogen-bond acceptors (Lipinski definition) is 5. The maximum atomic E-state index is 13.0. The number of phenols is 1. The molecule has 0 saturated carbocycles. The van der Waals surface area contributed by atoms with Crippen molar-refractivity contribution >= 4 is 20.9 Å². The van der Waals surface area contributed by atoms with E-state index in [0.29, 0.717) is 16.7 Å². The number of aromatic hydroxyl groups is 1. The maximum absolute atomic E-state index is 13.0. The van der Waals surface area contributed by atoms with E-state index in [-0.39, 0.29) is 21.0 Å². The topological polar surface area (TPSA) is 85.1 Å². The largest absolute Gasteiger partial charge is 0.505 e. The van der Waals surface area contributed by atoms with E-state index in [0.717, 1.165) is 24.0 Å². The Morgan fingerprint density at radius 2 is 1.59 bits per heavy atom. The van der Waals surface area contributed by atoms with Crippen molar-refractivity contribution < 1.29 is 13.5 Å². The van der Waals surface area contributed by atoms with Crippen molar-refractivity contribution in [3.8, 4) is 11.4 Å². The Bertz CT molecular complexity index is 1390. The van der Waals surface area contributed by atoms with Crippen molar-refractivity contribution in [1.29, 1.82) is 0 Å². The zero-order valence-corrected chi connectivity index (χ0v) is 19.5. The number of fused-ring (bicyclic) bond motifs is 1. The monoisotopic (exact) mass is 449 g/mol. The zero-order chi connectivity index (χ0) is 23.1. The fourth-order valence-corrected chi connectivity index (χ4v) is 5.04. The molecule has 1 heterocycles. The van der Waals surface area contributed by atoms with Crippen LogP contribution >= 0.6 is 0 Å². The smallest absolute Gasteiger partial charge is 0.206 e. The molecule has 4 rings (SSSR count). The van der Waals surface area contributed by atoms with Gasteiger partial charge in [-0.2, -0.15) is 0 Å². The molecule has 0 aliphatic heterocycles. The molecule has 1 N–H and O–H groups in total. The molecule has 0 radical (unpaired) electrons. The first kappa shape index (κ1) is 22.0. The van der Waals surface area contributed by atoms with E-state index in [9.17, 15) is 13.5 Å². The summed E-state index contributed by atoms with van der Waals surface area (Å²) in [7, 11) is -3.66. The van der Waals surface area contributed by atoms with E-state index in [1.54, 1.807) is 36.4 Å². The van der Waals surface area contributed by atoms with Crippen LogP contribution in [0.3, 0.4) is 0 Å². The van der Waals surface area contributed by atoms with Gasteiger partial charge in [0.25, 0.3) is 0 Å². The van der Waals surface area contributed by atoms with Gasteiger partial charge in [-0.1, -0.05) is 58.4 Å². The predicted molar refractivity (Wildman–Crippen MR) is 125 cm³/mol. The van der Waals surface area contributed by atoms with Crippen molar-refractivity contribution in [1.82, 2.24) is 15.0 Å². The van der Waals surface area contributed by atoms with Gasteiger partial charge in [0.05, 0.1) is 9.79 Å². The van der Waals surface area contributed by atoms with Crippen molar-refractivity contribution in [2.24, 2.45) is 0 Å². The highest BCUT2D eigenvalue weighted by atomic mass is 32.2. The van der Waals surface area contributed by atoms with Gasteiger partial charge in [0.1, 0.15) is 22.5 Å². The minimum absolute atomic E-state index is 0.134. The van der Waals surface area contributed by atoms with E-state index in [1.807, 2.05) is 12.1 Å². The Labute approximate surface area is 188 Å². The number of aromatic nitrogens is 3. The molecule has 0 spiro atoms. The fraction of sp³-hybridized carbons (Fsp3) is 0.280. The Morgan fingerprint density at radius 1 is 0.906 bits per heavy atom. The Balaban J connectivity index is 1.84. The molecular formula is C25H27N3O3S. The molecule has 3 aromatic carbocycles. The van der Waals surface area contributed by atoms with Gasteiger partial charge in [-0.3, -0.25) is 0 Å². The molecule has 0 aliphatic rings. The standard InChI is InChI=1S/C25H27N3O3S/c1-5-9-17-14-20(25(2,3)4)24(29)23(15-17)28-26-21-13-12-19(16-22(21)27-28)32(30,31)18-10-7-6-8-11-18/h6-8,10-16,29H,5,9H2,1-4H3. The number of aryl methyl sites for hydroxylation is 1. The summed E-state index contributed by atoms with van der Waals surface area (Å²) >= 11 is 0. The van der Waals surface area contributed by atoms with Gasteiger partial charge in [-0.15, -0.1) is 15.0 Å². The lowest BCUT2D eigenvalue weighted by Gasteiger charge is -2.23. The Morgan fingerprint density at radius 3 is 2.25 bits per heavy atom. The van der Waals surface area contributed by atoms with Gasteiger partial charge in [0.15, 0.2) is 0 Å². The zero-order valence-electron chi connectivity index (χ0n) is 18.7. The van der Waals surface area contributed by atoms with Crippen molar-refractivity contribution in [2.75, 3.05) is 0 Å². The SMILES string of the molecule is CCCc1cc(-n2nc3ccc(S(=O)(=O)c4ccccc4)cc3n2)c(O)c(C(C)(C)C)c1. The lowest BCUT2D eigenvalue weighted by atomic mass is 9.84. The highest BCUT2D eigenvalue weighted by molar-refractivity contribution is 7.91. The predicted octanol–water partition coefficient (Wildman–Crippen LogP) is 5.21. The van der Waals surface area contributed by atoms with Gasteiger partial charge in [-0.05, 0) is 53.8 Å². The van der Waals surface area contributed by atoms with Gasteiger partial charge in [0, 0.05) is 5.56 Å². The number of rotatable bonds is 5. The molecule has 0 atom stereocenters. The number of nitrogens with zero attached hydrogens (tertiary/aromatic N) is 3. The summed E-state index contributed by atoms with van der Waals surface area (Å²) in [6, 6.07) is 17.0. The van der Waals surface area contributed by atoms with E-state index < -0.39 is 9.84 Å². The summed E-state index contributed by atoms with van der Waals surface area (Å²) in [6.07, 6.45) is 1.85. The van der Waals surface area contributed by atoms with Crippen LogP contribution < -0.4 is 0 Å². The molecule has 0 unspecified atom stereocenters. The first-order chi connectivity index (χ1) is 15.1. The van der Waals surface area contributed by atoms with Crippen LogP contribution in [-0.4, -0.2) is 28.5 Å². The van der Waals surface area contributed by atoms with Crippen LogP contribution in [0.5, 0.6) is 5.75 Å². The van der Waals surface area contributed by atoms with E-state index in [4.69, 9.17) is 0 Å². The average molecular weight is 450 g/mol. The Kier molecular flexibility index (Phi) is 5.54. The number of phenolic OH excluding ortho intramolecular Hbond substituents is 1. The van der Waals surface area contributed by atoms with Gasteiger partial charge in [0.2, 0.25) is 9.84 Å². The highest BCUT2D eigenvalue weighted by Gasteiger charge is 2.24. The lowest BCUT2D eigenvalue weighted by molar-refractivity contribution is 0.440. The number of benzene rings is 3. The molecule has 0 saturated heterocycles. The number of sulfone groups is 1. The number of hydrogen-bond donors (Lipinski definition) is 1. The minimum Gasteiger partial charge on any atom is -0.505 e. The quantitative estimate of drug-likeness (QED) is 0.452. The molecule has 0 fully saturated rings. The van der Waals surface area contributed by atoms with E-state index in [2.05, 4.69) is 37.9 Å². The molecule has 32 heavy (non-hydrogen) atoms. The van der Waals surface area contributed by atoms with Crippen LogP contribution in [0.2, 0.25) is 0 Å². The third-order valence-corrected chi connectivity index (χ3v) is 7.19. The first-order valence-corrected chi connectivity index (χ1v) is 12.1. The highest BCUT2D eigenvalue weighted by Crippen LogP contribution is 2.36. The van der Waals surface area contributed by atoms with Gasteiger partial charge >= 0.3 is 0 Å². The summed E-state index contributed by atoms with van der Waals surface area (Å²) in [5.41, 5.74) is 3.15. The molecule has 166 valence electrons. The first-order valence-electron chi connectivity index (χ1n) is 10.7. The fourth-order valence-electron chi connectivity index (χ4n) is 3.74. The summed E-state index contributed by atoms with van der Waals surface area (Å²) in [4.78, 5) is 1.78. The van der Waals surface area contributed by atoms with Crippen LogP contribution in [0.4, 0.5) is 0 Å². The summed E-state index contributed by atoms with van der Waals surface area (Å²) in [5, 5.41) is 20.1. The van der Waals surface area contributed by atoms with Crippen LogP contribution in [0.25, 0.3) is 16.7 Å². The molecule has 4 aromatic rings. The summed E-state index contributed by atoms with van der Waals surface area (Å²) in [5.74, 6) is 0.134. The van der Waals surface area contributed by atoms with Crippen molar-refractivity contribution in [3.05, 3.63) is 71.8 Å². The third-order valence-electron chi connectivity index (χ3n) is 5.43. The van der Waals surface area contributed by atoms with Gasteiger partial charge < -0.3 is 5.11 Å².